The molecule has 0 saturated carbocycles. The van der Waals surface area contributed by atoms with Gasteiger partial charge >= 0.3 is 0 Å². The van der Waals surface area contributed by atoms with Crippen LogP contribution in [0, 0.1) is 0 Å². The molecule has 2 aliphatic rings. The Balaban J connectivity index is 1.74. The Bertz CT molecular complexity index is 467. The smallest absolute Gasteiger partial charge is 0.0979 e. The van der Waals surface area contributed by atoms with Crippen LogP contribution in [-0.2, 0) is 0 Å². The van der Waals surface area contributed by atoms with E-state index in [1.165, 1.54) is 30.7 Å². The molecule has 18 heavy (non-hydrogen) atoms. The molecule has 0 unspecified atom stereocenters. The van der Waals surface area contributed by atoms with E-state index < -0.39 is 0 Å². The Kier molecular flexibility index (Phi) is 3.27. The molecule has 2 heterocycles. The summed E-state index contributed by atoms with van der Waals surface area (Å²) in [5.74, 6) is 0. The number of quaternary nitrogens is 1. The van der Waals surface area contributed by atoms with Gasteiger partial charge in [0.2, 0.25) is 0 Å². The third kappa shape index (κ3) is 2.13. The molecule has 0 amide bonds. The summed E-state index contributed by atoms with van der Waals surface area (Å²) in [6, 6.07) is 5.88. The van der Waals surface area contributed by atoms with E-state index in [2.05, 4.69) is 23.1 Å². The molecule has 96 valence electrons. The van der Waals surface area contributed by atoms with Crippen LogP contribution in [0.4, 0.5) is 5.69 Å². The van der Waals surface area contributed by atoms with Crippen molar-refractivity contribution in [2.24, 2.45) is 0 Å². The van der Waals surface area contributed by atoms with Crippen molar-refractivity contribution in [3.8, 4) is 0 Å². The van der Waals surface area contributed by atoms with Gasteiger partial charge in [0.1, 0.15) is 0 Å². The summed E-state index contributed by atoms with van der Waals surface area (Å²) in [6.07, 6.45) is 4.62. The Hall–Kier alpha value is -0.700. The van der Waals surface area contributed by atoms with Crippen LogP contribution in [0.15, 0.2) is 30.4 Å². The minimum Gasteiger partial charge on any atom is -0.359 e. The molecule has 2 aliphatic heterocycles. The molecule has 1 spiro atoms. The van der Waals surface area contributed by atoms with Crippen LogP contribution in [0.3, 0.4) is 0 Å². The van der Waals surface area contributed by atoms with Crippen LogP contribution in [0.5, 0.6) is 0 Å². The SMILES string of the molecule is Clc1cccc(N2CC[N+]3(CC=CC3)CC2)c1Cl. The second-order valence-electron chi connectivity index (χ2n) is 5.19. The van der Waals surface area contributed by atoms with Gasteiger partial charge in [-0.3, -0.25) is 0 Å². The first-order valence-electron chi connectivity index (χ1n) is 6.39. The van der Waals surface area contributed by atoms with Crippen molar-refractivity contribution >= 4 is 28.9 Å². The zero-order valence-electron chi connectivity index (χ0n) is 10.3. The fourth-order valence-corrected chi connectivity index (χ4v) is 3.32. The van der Waals surface area contributed by atoms with Crippen LogP contribution >= 0.6 is 23.2 Å². The average Bonchev–Trinajstić information content (AvgIpc) is 2.83. The van der Waals surface area contributed by atoms with E-state index in [0.29, 0.717) is 10.0 Å². The highest BCUT2D eigenvalue weighted by atomic mass is 35.5. The van der Waals surface area contributed by atoms with Crippen LogP contribution in [0.1, 0.15) is 0 Å². The summed E-state index contributed by atoms with van der Waals surface area (Å²) < 4.78 is 1.22. The Morgan fingerprint density at radius 1 is 1.00 bits per heavy atom. The maximum Gasteiger partial charge on any atom is 0.0979 e. The molecule has 2 nitrogen and oxygen atoms in total. The van der Waals surface area contributed by atoms with Gasteiger partial charge in [-0.25, -0.2) is 0 Å². The molecule has 0 aromatic heterocycles. The van der Waals surface area contributed by atoms with E-state index >= 15 is 0 Å². The van der Waals surface area contributed by atoms with Crippen molar-refractivity contribution in [1.82, 2.24) is 0 Å². The lowest BCUT2D eigenvalue weighted by atomic mass is 10.2. The number of nitrogens with zero attached hydrogens (tertiary/aromatic N) is 2. The number of benzene rings is 1. The van der Waals surface area contributed by atoms with Crippen molar-refractivity contribution in [2.75, 3.05) is 44.2 Å². The van der Waals surface area contributed by atoms with E-state index in [4.69, 9.17) is 23.2 Å². The predicted octanol–water partition coefficient (Wildman–Crippen LogP) is 3.20. The summed E-state index contributed by atoms with van der Waals surface area (Å²) in [4.78, 5) is 2.36. The first-order chi connectivity index (χ1) is 8.70. The van der Waals surface area contributed by atoms with Gasteiger partial charge in [0.05, 0.1) is 55.0 Å². The molecule has 1 fully saturated rings. The minimum absolute atomic E-state index is 0.645. The van der Waals surface area contributed by atoms with Gasteiger partial charge in [0.25, 0.3) is 0 Å². The highest BCUT2D eigenvalue weighted by Crippen LogP contribution is 2.33. The quantitative estimate of drug-likeness (QED) is 0.565. The van der Waals surface area contributed by atoms with Crippen LogP contribution < -0.4 is 4.90 Å². The van der Waals surface area contributed by atoms with Crippen LogP contribution in [0.2, 0.25) is 10.0 Å². The van der Waals surface area contributed by atoms with Gasteiger partial charge in [0, 0.05) is 0 Å². The highest BCUT2D eigenvalue weighted by molar-refractivity contribution is 6.43. The normalized spacial score (nSPS) is 21.8. The molecule has 0 bridgehead atoms. The number of piperazine rings is 1. The van der Waals surface area contributed by atoms with Gasteiger partial charge in [-0.15, -0.1) is 0 Å². The molecule has 1 saturated heterocycles. The fraction of sp³-hybridized carbons (Fsp3) is 0.429. The lowest BCUT2D eigenvalue weighted by molar-refractivity contribution is -0.913. The van der Waals surface area contributed by atoms with Crippen molar-refractivity contribution in [3.05, 3.63) is 40.4 Å². The van der Waals surface area contributed by atoms with E-state index in [9.17, 15) is 0 Å². The number of hydrogen-bond donors (Lipinski definition) is 0. The van der Waals surface area contributed by atoms with Crippen LogP contribution in [-0.4, -0.2) is 43.8 Å². The predicted molar refractivity (Wildman–Crippen MR) is 77.5 cm³/mol. The molecule has 0 radical (unpaired) electrons. The van der Waals surface area contributed by atoms with Gasteiger partial charge in [-0.2, -0.15) is 0 Å². The average molecular weight is 284 g/mol. The molecule has 0 atom stereocenters. The molecule has 4 heteroatoms. The summed E-state index contributed by atoms with van der Waals surface area (Å²) in [5.41, 5.74) is 1.08. The van der Waals surface area contributed by atoms with Crippen molar-refractivity contribution in [1.29, 1.82) is 0 Å². The molecular weight excluding hydrogens is 267 g/mol. The second-order valence-corrected chi connectivity index (χ2v) is 5.97. The van der Waals surface area contributed by atoms with Crippen molar-refractivity contribution in [3.63, 3.8) is 0 Å². The van der Waals surface area contributed by atoms with Crippen LogP contribution in [0.25, 0.3) is 0 Å². The number of halogens is 2. The van der Waals surface area contributed by atoms with Gasteiger partial charge < -0.3 is 9.38 Å². The molecule has 1 aromatic carbocycles. The molecule has 3 rings (SSSR count). The topological polar surface area (TPSA) is 3.24 Å². The minimum atomic E-state index is 0.645. The first-order valence-corrected chi connectivity index (χ1v) is 7.15. The van der Waals surface area contributed by atoms with Crippen molar-refractivity contribution < 1.29 is 4.48 Å². The van der Waals surface area contributed by atoms with E-state index in [0.717, 1.165) is 18.8 Å². The third-order valence-corrected chi connectivity index (χ3v) is 4.92. The number of hydrogen-bond acceptors (Lipinski definition) is 1. The summed E-state index contributed by atoms with van der Waals surface area (Å²) >= 11 is 12.4. The molecule has 0 aliphatic carbocycles. The van der Waals surface area contributed by atoms with Gasteiger partial charge in [0.15, 0.2) is 0 Å². The summed E-state index contributed by atoms with van der Waals surface area (Å²) in [7, 11) is 0. The maximum absolute atomic E-state index is 6.29. The Morgan fingerprint density at radius 2 is 1.67 bits per heavy atom. The highest BCUT2D eigenvalue weighted by Gasteiger charge is 2.33. The second kappa shape index (κ2) is 4.76. The van der Waals surface area contributed by atoms with Gasteiger partial charge in [-0.05, 0) is 24.3 Å². The number of anilines is 1. The molecule has 1 aromatic rings. The fourth-order valence-electron chi connectivity index (χ4n) is 2.90. The standard InChI is InChI=1S/C14H17Cl2N2/c15-12-4-3-5-13(14(12)16)17-6-10-18(11-7-17)8-1-2-9-18/h1-5H,6-11H2/q+1. The monoisotopic (exact) mass is 283 g/mol. The summed E-state index contributed by atoms with van der Waals surface area (Å²) in [5, 5.41) is 1.33. The molecule has 0 N–H and O–H groups in total. The lowest BCUT2D eigenvalue weighted by Crippen LogP contribution is -2.58. The Labute approximate surface area is 118 Å². The zero-order valence-corrected chi connectivity index (χ0v) is 11.8. The van der Waals surface area contributed by atoms with Gasteiger partial charge in [-0.1, -0.05) is 29.3 Å². The largest absolute Gasteiger partial charge is 0.359 e. The van der Waals surface area contributed by atoms with E-state index in [-0.39, 0.29) is 0 Å². The first kappa shape index (κ1) is 12.3. The maximum atomic E-state index is 6.29. The lowest BCUT2D eigenvalue weighted by Gasteiger charge is -2.43. The number of rotatable bonds is 1. The van der Waals surface area contributed by atoms with E-state index in [1.807, 2.05) is 12.1 Å². The molecular formula is C14H17Cl2N2+. The summed E-state index contributed by atoms with van der Waals surface area (Å²) in [6.45, 7) is 6.88. The third-order valence-electron chi connectivity index (χ3n) is 4.11. The zero-order chi connectivity index (χ0) is 12.6. The van der Waals surface area contributed by atoms with Crippen molar-refractivity contribution in [2.45, 2.75) is 0 Å². The Morgan fingerprint density at radius 3 is 2.33 bits per heavy atom. The van der Waals surface area contributed by atoms with E-state index in [1.54, 1.807) is 0 Å².